The number of hydrogen-bond donors (Lipinski definition) is 2. The van der Waals surface area contributed by atoms with Crippen molar-refractivity contribution in [1.82, 2.24) is 10.3 Å². The molecule has 0 bridgehead atoms. The Bertz CT molecular complexity index is 876. The zero-order chi connectivity index (χ0) is 26.7. The molecule has 1 saturated heterocycles. The molecule has 2 N–H and O–H groups in total. The van der Waals surface area contributed by atoms with Crippen LogP contribution in [0.25, 0.3) is 0 Å². The summed E-state index contributed by atoms with van der Waals surface area (Å²) < 4.78 is 21.9. The van der Waals surface area contributed by atoms with Crippen molar-refractivity contribution in [2.24, 2.45) is 11.8 Å². The average Bonchev–Trinajstić information content (AvgIpc) is 2.88. The Hall–Kier alpha value is -2.88. The molecule has 2 heterocycles. The van der Waals surface area contributed by atoms with Crippen LogP contribution in [0.3, 0.4) is 0 Å². The Labute approximate surface area is 213 Å². The number of nitrogens with zero attached hydrogens (tertiary/aromatic N) is 1. The van der Waals surface area contributed by atoms with Gasteiger partial charge in [-0.15, -0.1) is 0 Å². The van der Waals surface area contributed by atoms with Crippen LogP contribution in [-0.2, 0) is 35.1 Å². The molecule has 1 fully saturated rings. The number of esters is 3. The summed E-state index contributed by atoms with van der Waals surface area (Å²) in [6.07, 6.45) is 5.08. The summed E-state index contributed by atoms with van der Waals surface area (Å²) in [6, 6.07) is 0.505. The quantitative estimate of drug-likeness (QED) is 0.246. The number of methoxy groups -OCH3 is 1. The Morgan fingerprint density at radius 1 is 1.22 bits per heavy atom. The fraction of sp³-hybridized carbons (Fsp3) is 0.692. The van der Waals surface area contributed by atoms with E-state index in [1.54, 1.807) is 20.8 Å². The van der Waals surface area contributed by atoms with E-state index in [4.69, 9.17) is 18.9 Å². The van der Waals surface area contributed by atoms with Crippen LogP contribution in [-0.4, -0.2) is 60.0 Å². The molecular weight excluding hydrogens is 468 g/mol. The van der Waals surface area contributed by atoms with Gasteiger partial charge in [0.25, 0.3) is 0 Å². The second-order valence-electron chi connectivity index (χ2n) is 9.38. The number of carbonyl (C=O) groups excluding carboxylic acids is 3. The third-order valence-electron chi connectivity index (χ3n) is 6.18. The van der Waals surface area contributed by atoms with Gasteiger partial charge in [-0.25, -0.2) is 0 Å². The maximum atomic E-state index is 13.1. The number of cyclic esters (lactones) is 2. The molecule has 1 aromatic rings. The van der Waals surface area contributed by atoms with E-state index in [9.17, 15) is 19.5 Å². The van der Waals surface area contributed by atoms with Crippen molar-refractivity contribution in [2.45, 2.75) is 91.0 Å². The number of aromatic hydroxyl groups is 1. The summed E-state index contributed by atoms with van der Waals surface area (Å²) >= 11 is 0. The first-order chi connectivity index (χ1) is 17.2. The molecule has 1 aromatic heterocycles. The molecular formula is C26H40N2O8. The van der Waals surface area contributed by atoms with E-state index in [-0.39, 0.29) is 30.3 Å². The molecule has 10 heteroatoms. The standard InChI is InChI=1S/C26H40N2O8/c1-6-7-8-9-10-11-18-23(36-24(30)16(2)3)17(4)35-26(32)20(15-34-25(18)31)28-14-19-22(29)21(33-5)12-13-27-19/h12-13,16-18,20,23,28-29H,6-11,14-15H2,1-5H3. The van der Waals surface area contributed by atoms with E-state index in [2.05, 4.69) is 17.2 Å². The second-order valence-corrected chi connectivity index (χ2v) is 9.38. The Balaban J connectivity index is 2.18. The van der Waals surface area contributed by atoms with E-state index >= 15 is 0 Å². The number of rotatable bonds is 12. The van der Waals surface area contributed by atoms with E-state index in [0.29, 0.717) is 6.42 Å². The lowest BCUT2D eigenvalue weighted by atomic mass is 9.91. The average molecular weight is 509 g/mol. The minimum Gasteiger partial charge on any atom is -0.503 e. The van der Waals surface area contributed by atoms with Crippen LogP contribution in [0.2, 0.25) is 0 Å². The van der Waals surface area contributed by atoms with Gasteiger partial charge >= 0.3 is 17.9 Å². The molecule has 2 rings (SSSR count). The van der Waals surface area contributed by atoms with Crippen LogP contribution < -0.4 is 10.1 Å². The number of unbranched alkanes of at least 4 members (excludes halogenated alkanes) is 4. The molecule has 1 aliphatic heterocycles. The van der Waals surface area contributed by atoms with Crippen molar-refractivity contribution in [3.05, 3.63) is 18.0 Å². The number of aromatic nitrogens is 1. The predicted octanol–water partition coefficient (Wildman–Crippen LogP) is 3.29. The van der Waals surface area contributed by atoms with Crippen LogP contribution in [0.15, 0.2) is 12.3 Å². The van der Waals surface area contributed by atoms with Crippen molar-refractivity contribution >= 4 is 17.9 Å². The minimum atomic E-state index is -1.01. The zero-order valence-electron chi connectivity index (χ0n) is 22.0. The van der Waals surface area contributed by atoms with Crippen LogP contribution in [0.4, 0.5) is 0 Å². The molecule has 0 spiro atoms. The van der Waals surface area contributed by atoms with E-state index in [0.717, 1.165) is 32.1 Å². The van der Waals surface area contributed by atoms with Crippen molar-refractivity contribution in [2.75, 3.05) is 13.7 Å². The Kier molecular flexibility index (Phi) is 11.9. The van der Waals surface area contributed by atoms with Gasteiger partial charge in [0.2, 0.25) is 0 Å². The smallest absolute Gasteiger partial charge is 0.327 e. The number of hydrogen-bond acceptors (Lipinski definition) is 10. The first-order valence-corrected chi connectivity index (χ1v) is 12.7. The topological polar surface area (TPSA) is 133 Å². The summed E-state index contributed by atoms with van der Waals surface area (Å²) in [5.41, 5.74) is 0.259. The molecule has 10 nitrogen and oxygen atoms in total. The summed E-state index contributed by atoms with van der Waals surface area (Å²) in [5, 5.41) is 13.2. The van der Waals surface area contributed by atoms with Gasteiger partial charge in [-0.2, -0.15) is 0 Å². The Morgan fingerprint density at radius 2 is 1.94 bits per heavy atom. The maximum Gasteiger partial charge on any atom is 0.327 e. The highest BCUT2D eigenvalue weighted by atomic mass is 16.6. The van der Waals surface area contributed by atoms with Crippen molar-refractivity contribution in [3.63, 3.8) is 0 Å². The van der Waals surface area contributed by atoms with Gasteiger partial charge in [-0.1, -0.05) is 52.9 Å². The Morgan fingerprint density at radius 3 is 2.61 bits per heavy atom. The highest BCUT2D eigenvalue weighted by Gasteiger charge is 2.41. The van der Waals surface area contributed by atoms with Gasteiger partial charge in [-0.3, -0.25) is 24.7 Å². The van der Waals surface area contributed by atoms with Gasteiger partial charge in [0, 0.05) is 18.8 Å². The molecule has 0 amide bonds. The highest BCUT2D eigenvalue weighted by molar-refractivity contribution is 5.79. The predicted molar refractivity (Wildman–Crippen MR) is 131 cm³/mol. The molecule has 1 aliphatic rings. The highest BCUT2D eigenvalue weighted by Crippen LogP contribution is 2.28. The lowest BCUT2D eigenvalue weighted by Gasteiger charge is -2.29. The number of ether oxygens (including phenoxy) is 4. The fourth-order valence-electron chi connectivity index (χ4n) is 3.97. The molecule has 0 radical (unpaired) electrons. The van der Waals surface area contributed by atoms with Crippen LogP contribution in [0.5, 0.6) is 11.5 Å². The first-order valence-electron chi connectivity index (χ1n) is 12.7. The SMILES string of the molecule is CCCCCCCC1C(=O)OCC(NCc2nccc(OC)c2O)C(=O)OC(C)C1OC(=O)C(C)C. The molecule has 0 aromatic carbocycles. The fourth-order valence-corrected chi connectivity index (χ4v) is 3.97. The van der Waals surface area contributed by atoms with E-state index in [1.807, 2.05) is 0 Å². The van der Waals surface area contributed by atoms with Crippen LogP contribution in [0.1, 0.15) is 71.9 Å². The van der Waals surface area contributed by atoms with Gasteiger partial charge in [0.05, 0.1) is 24.6 Å². The molecule has 4 unspecified atom stereocenters. The largest absolute Gasteiger partial charge is 0.503 e. The van der Waals surface area contributed by atoms with E-state index in [1.165, 1.54) is 19.4 Å². The summed E-state index contributed by atoms with van der Waals surface area (Å²) in [6.45, 7) is 6.88. The third-order valence-corrected chi connectivity index (χ3v) is 6.18. The van der Waals surface area contributed by atoms with Gasteiger partial charge in [0.15, 0.2) is 17.6 Å². The molecule has 36 heavy (non-hydrogen) atoms. The van der Waals surface area contributed by atoms with Gasteiger partial charge < -0.3 is 24.1 Å². The minimum absolute atomic E-state index is 0.00134. The summed E-state index contributed by atoms with van der Waals surface area (Å²) in [4.78, 5) is 42.6. The monoisotopic (exact) mass is 508 g/mol. The third kappa shape index (κ3) is 8.36. The number of pyridine rings is 1. The zero-order valence-corrected chi connectivity index (χ0v) is 22.0. The van der Waals surface area contributed by atoms with E-state index < -0.39 is 48.0 Å². The van der Waals surface area contributed by atoms with Crippen molar-refractivity contribution < 1.29 is 38.4 Å². The lowest BCUT2D eigenvalue weighted by molar-refractivity contribution is -0.177. The molecule has 0 aliphatic carbocycles. The van der Waals surface area contributed by atoms with Crippen molar-refractivity contribution in [3.8, 4) is 11.5 Å². The van der Waals surface area contributed by atoms with Gasteiger partial charge in [-0.05, 0) is 13.3 Å². The second kappa shape index (κ2) is 14.6. The normalized spacial score (nSPS) is 22.7. The van der Waals surface area contributed by atoms with Crippen LogP contribution >= 0.6 is 0 Å². The molecule has 4 atom stereocenters. The summed E-state index contributed by atoms with van der Waals surface area (Å²) in [7, 11) is 1.42. The van der Waals surface area contributed by atoms with Gasteiger partial charge in [0.1, 0.15) is 18.8 Å². The first kappa shape index (κ1) is 29.4. The molecule has 202 valence electrons. The lowest BCUT2D eigenvalue weighted by Crippen LogP contribution is -2.44. The van der Waals surface area contributed by atoms with Crippen LogP contribution in [0, 0.1) is 11.8 Å². The number of nitrogens with one attached hydrogen (secondary N) is 1. The number of carbonyl (C=O) groups is 3. The summed E-state index contributed by atoms with van der Waals surface area (Å²) in [5.74, 6) is -2.73. The molecule has 0 saturated carbocycles. The van der Waals surface area contributed by atoms with Crippen molar-refractivity contribution in [1.29, 1.82) is 0 Å². The maximum absolute atomic E-state index is 13.1.